The molecular weight excluding hydrogens is 464 g/mol. The van der Waals surface area contributed by atoms with Gasteiger partial charge in [-0.05, 0) is 69.5 Å². The van der Waals surface area contributed by atoms with Crippen LogP contribution in [0.5, 0.6) is 0 Å². The normalized spacial score (nSPS) is 9.60. The van der Waals surface area contributed by atoms with Crippen molar-refractivity contribution in [2.75, 3.05) is 0 Å². The molecule has 0 unspecified atom stereocenters. The topological polar surface area (TPSA) is 99.1 Å². The van der Waals surface area contributed by atoms with Crippen LogP contribution in [0.3, 0.4) is 0 Å². The van der Waals surface area contributed by atoms with Crippen molar-refractivity contribution in [2.24, 2.45) is 0 Å². The van der Waals surface area contributed by atoms with Crippen LogP contribution < -0.4 is 0 Å². The minimum Gasteiger partial charge on any atom is -0.236 e. The smallest absolute Gasteiger partial charge is 0.222 e. The second-order valence-electron chi connectivity index (χ2n) is 5.84. The van der Waals surface area contributed by atoms with Gasteiger partial charge in [-0.15, -0.1) is 0 Å². The number of rotatable bonds is 2. The SMILES string of the molecule is Clc1ncc(Br)cn1.N#Cc1ccc(-c2cnc(-c3ccc(C#N)cc3)nc2)cc1. The summed E-state index contributed by atoms with van der Waals surface area (Å²) in [5.41, 5.74) is 3.95. The molecule has 0 aliphatic rings. The highest BCUT2D eigenvalue weighted by Gasteiger charge is 2.03. The Bertz CT molecular complexity index is 1100. The maximum atomic E-state index is 8.80. The van der Waals surface area contributed by atoms with E-state index in [-0.39, 0.29) is 5.28 Å². The van der Waals surface area contributed by atoms with Crippen molar-refractivity contribution in [3.8, 4) is 34.7 Å². The number of aromatic nitrogens is 4. The van der Waals surface area contributed by atoms with E-state index in [1.807, 2.05) is 24.3 Å². The van der Waals surface area contributed by atoms with Crippen molar-refractivity contribution in [3.63, 3.8) is 0 Å². The number of halogens is 2. The molecule has 0 aliphatic carbocycles. The maximum Gasteiger partial charge on any atom is 0.222 e. The standard InChI is InChI=1S/C18H10N4.C4H2BrClN2/c19-9-13-1-5-15(6-2-13)17-11-21-18(22-12-17)16-7-3-14(10-20)4-8-16;5-3-1-7-4(6)8-2-3/h1-8,11-12H;1-2H. The van der Waals surface area contributed by atoms with Gasteiger partial charge in [-0.2, -0.15) is 10.5 Å². The quantitative estimate of drug-likeness (QED) is 0.358. The molecular formula is C22H12BrClN6. The summed E-state index contributed by atoms with van der Waals surface area (Å²) in [6.07, 6.45) is 6.69. The Morgan fingerprint density at radius 2 is 1.10 bits per heavy atom. The van der Waals surface area contributed by atoms with Crippen LogP contribution in [0.4, 0.5) is 0 Å². The highest BCUT2D eigenvalue weighted by molar-refractivity contribution is 9.10. The van der Waals surface area contributed by atoms with Crippen LogP contribution in [0.25, 0.3) is 22.5 Å². The van der Waals surface area contributed by atoms with E-state index in [0.717, 1.165) is 21.2 Å². The molecule has 4 aromatic rings. The van der Waals surface area contributed by atoms with E-state index in [1.54, 1.807) is 49.1 Å². The predicted octanol–water partition coefficient (Wildman–Crippen LogP) is 5.45. The lowest BCUT2D eigenvalue weighted by Crippen LogP contribution is -1.90. The van der Waals surface area contributed by atoms with Crippen LogP contribution in [-0.2, 0) is 0 Å². The highest BCUT2D eigenvalue weighted by atomic mass is 79.9. The summed E-state index contributed by atoms with van der Waals surface area (Å²) < 4.78 is 0.835. The van der Waals surface area contributed by atoms with Gasteiger partial charge >= 0.3 is 0 Å². The Morgan fingerprint density at radius 3 is 1.53 bits per heavy atom. The highest BCUT2D eigenvalue weighted by Crippen LogP contribution is 2.21. The van der Waals surface area contributed by atoms with Crippen LogP contribution in [0, 0.1) is 22.7 Å². The largest absolute Gasteiger partial charge is 0.236 e. The molecule has 0 fully saturated rings. The van der Waals surface area contributed by atoms with Gasteiger partial charge in [0.25, 0.3) is 0 Å². The fraction of sp³-hybridized carbons (Fsp3) is 0. The van der Waals surface area contributed by atoms with Crippen molar-refractivity contribution in [1.29, 1.82) is 10.5 Å². The lowest BCUT2D eigenvalue weighted by molar-refractivity contribution is 1.15. The summed E-state index contributed by atoms with van der Waals surface area (Å²) in [6.45, 7) is 0. The molecule has 144 valence electrons. The molecule has 0 atom stereocenters. The zero-order chi connectivity index (χ0) is 21.3. The molecule has 6 nitrogen and oxygen atoms in total. The van der Waals surface area contributed by atoms with Gasteiger partial charge in [-0.25, -0.2) is 19.9 Å². The van der Waals surface area contributed by atoms with E-state index in [1.165, 1.54) is 0 Å². The average molecular weight is 476 g/mol. The molecule has 4 rings (SSSR count). The van der Waals surface area contributed by atoms with Gasteiger partial charge in [-0.3, -0.25) is 0 Å². The number of hydrogen-bond acceptors (Lipinski definition) is 6. The molecule has 0 radical (unpaired) electrons. The first-order valence-electron chi connectivity index (χ1n) is 8.55. The van der Waals surface area contributed by atoms with Crippen molar-refractivity contribution >= 4 is 27.5 Å². The summed E-state index contributed by atoms with van der Waals surface area (Å²) >= 11 is 8.53. The van der Waals surface area contributed by atoms with E-state index < -0.39 is 0 Å². The molecule has 0 N–H and O–H groups in total. The van der Waals surface area contributed by atoms with E-state index in [2.05, 4.69) is 48.0 Å². The third-order valence-corrected chi connectivity index (χ3v) is 4.46. The Balaban J connectivity index is 0.000000269. The Kier molecular flexibility index (Phi) is 7.18. The number of hydrogen-bond donors (Lipinski definition) is 0. The van der Waals surface area contributed by atoms with Gasteiger partial charge < -0.3 is 0 Å². The molecule has 2 aromatic heterocycles. The van der Waals surface area contributed by atoms with Gasteiger partial charge in [-0.1, -0.05) is 12.1 Å². The van der Waals surface area contributed by atoms with E-state index in [0.29, 0.717) is 17.0 Å². The van der Waals surface area contributed by atoms with Gasteiger partial charge in [0, 0.05) is 35.9 Å². The van der Waals surface area contributed by atoms with Crippen molar-refractivity contribution in [1.82, 2.24) is 19.9 Å². The van der Waals surface area contributed by atoms with Crippen LogP contribution in [0.2, 0.25) is 5.28 Å². The molecule has 8 heteroatoms. The third-order valence-electron chi connectivity index (χ3n) is 3.86. The zero-order valence-electron chi connectivity index (χ0n) is 15.4. The Hall–Kier alpha value is -3.65. The molecule has 30 heavy (non-hydrogen) atoms. The van der Waals surface area contributed by atoms with Crippen molar-refractivity contribution < 1.29 is 0 Å². The predicted molar refractivity (Wildman–Crippen MR) is 117 cm³/mol. The first-order valence-corrected chi connectivity index (χ1v) is 9.72. The van der Waals surface area contributed by atoms with Crippen LogP contribution in [0.15, 0.2) is 77.8 Å². The Labute approximate surface area is 186 Å². The lowest BCUT2D eigenvalue weighted by atomic mass is 10.1. The lowest BCUT2D eigenvalue weighted by Gasteiger charge is -2.03. The van der Waals surface area contributed by atoms with Crippen LogP contribution in [0.1, 0.15) is 11.1 Å². The number of nitrogens with zero attached hydrogens (tertiary/aromatic N) is 6. The van der Waals surface area contributed by atoms with E-state index in [4.69, 9.17) is 22.1 Å². The molecule has 0 spiro atoms. The van der Waals surface area contributed by atoms with Gasteiger partial charge in [0.15, 0.2) is 5.82 Å². The third kappa shape index (κ3) is 5.68. The minimum absolute atomic E-state index is 0.271. The second-order valence-corrected chi connectivity index (χ2v) is 7.10. The van der Waals surface area contributed by atoms with Gasteiger partial charge in [0.2, 0.25) is 5.28 Å². The monoisotopic (exact) mass is 474 g/mol. The van der Waals surface area contributed by atoms with E-state index >= 15 is 0 Å². The van der Waals surface area contributed by atoms with Crippen molar-refractivity contribution in [2.45, 2.75) is 0 Å². The summed E-state index contributed by atoms with van der Waals surface area (Å²) in [4.78, 5) is 16.1. The first kappa shape index (κ1) is 21.1. The second kappa shape index (κ2) is 10.2. The molecule has 2 heterocycles. The average Bonchev–Trinajstić information content (AvgIpc) is 2.82. The molecule has 0 amide bonds. The van der Waals surface area contributed by atoms with Gasteiger partial charge in [0.05, 0.1) is 27.7 Å². The molecule has 0 aliphatic heterocycles. The fourth-order valence-electron chi connectivity index (χ4n) is 2.35. The summed E-state index contributed by atoms with van der Waals surface area (Å²) in [5.74, 6) is 0.613. The van der Waals surface area contributed by atoms with Crippen molar-refractivity contribution in [3.05, 3.63) is 94.2 Å². The molecule has 2 aromatic carbocycles. The summed E-state index contributed by atoms with van der Waals surface area (Å²) in [7, 11) is 0. The Morgan fingerprint density at radius 1 is 0.633 bits per heavy atom. The van der Waals surface area contributed by atoms with Crippen LogP contribution in [-0.4, -0.2) is 19.9 Å². The van der Waals surface area contributed by atoms with Crippen LogP contribution >= 0.6 is 27.5 Å². The minimum atomic E-state index is 0.271. The van der Waals surface area contributed by atoms with E-state index in [9.17, 15) is 0 Å². The maximum absolute atomic E-state index is 8.80. The summed E-state index contributed by atoms with van der Waals surface area (Å²) in [5, 5.41) is 17.9. The number of nitriles is 2. The summed E-state index contributed by atoms with van der Waals surface area (Å²) in [6, 6.07) is 18.6. The molecule has 0 saturated carbocycles. The molecule has 0 bridgehead atoms. The first-order chi connectivity index (χ1) is 14.6. The fourth-order valence-corrected chi connectivity index (χ4v) is 2.66. The molecule has 0 saturated heterocycles. The zero-order valence-corrected chi connectivity index (χ0v) is 17.7. The number of benzene rings is 2. The van der Waals surface area contributed by atoms with Gasteiger partial charge in [0.1, 0.15) is 0 Å².